The summed E-state index contributed by atoms with van der Waals surface area (Å²) in [4.78, 5) is 4.44. The van der Waals surface area contributed by atoms with Crippen molar-refractivity contribution in [2.75, 3.05) is 0 Å². The third-order valence-electron chi connectivity index (χ3n) is 2.11. The molecule has 1 aromatic heterocycles. The van der Waals surface area contributed by atoms with Gasteiger partial charge in [0.05, 0.1) is 11.7 Å². The highest BCUT2D eigenvalue weighted by Gasteiger charge is 2.20. The van der Waals surface area contributed by atoms with Crippen molar-refractivity contribution in [2.45, 2.75) is 38.4 Å². The highest BCUT2D eigenvalue weighted by molar-refractivity contribution is 7.09. The molecule has 1 saturated carbocycles. The van der Waals surface area contributed by atoms with Crippen LogP contribution in [0.5, 0.6) is 0 Å². The van der Waals surface area contributed by atoms with Gasteiger partial charge in [0.15, 0.2) is 0 Å². The summed E-state index contributed by atoms with van der Waals surface area (Å²) in [6.07, 6.45) is 2.65. The second-order valence-corrected chi connectivity index (χ2v) is 4.51. The average molecular weight is 197 g/mol. The summed E-state index contributed by atoms with van der Waals surface area (Å²) in [5.41, 5.74) is 6.85. The summed E-state index contributed by atoms with van der Waals surface area (Å²) < 4.78 is 0. The van der Waals surface area contributed by atoms with Crippen LogP contribution in [0.2, 0.25) is 0 Å². The van der Waals surface area contributed by atoms with E-state index >= 15 is 0 Å². The summed E-state index contributed by atoms with van der Waals surface area (Å²) in [7, 11) is 0. The van der Waals surface area contributed by atoms with Crippen LogP contribution >= 0.6 is 11.3 Å². The second kappa shape index (κ2) is 3.74. The molecule has 72 valence electrons. The first-order valence-corrected chi connectivity index (χ1v) is 5.57. The fourth-order valence-electron chi connectivity index (χ4n) is 1.15. The molecule has 1 heterocycles. The van der Waals surface area contributed by atoms with Crippen LogP contribution in [-0.2, 0) is 6.54 Å². The molecular formula is C9H15N3S. The molecule has 1 aliphatic rings. The number of nitrogens with one attached hydrogen (secondary N) is 1. The summed E-state index contributed by atoms with van der Waals surface area (Å²) in [6, 6.07) is 0.820. The number of hydrogen-bond acceptors (Lipinski definition) is 4. The van der Waals surface area contributed by atoms with E-state index in [0.717, 1.165) is 23.3 Å². The molecule has 4 heteroatoms. The molecule has 0 amide bonds. The van der Waals surface area contributed by atoms with Crippen LogP contribution in [0.4, 0.5) is 0 Å². The standard InChI is InChI=1S/C9H15N3S/c1-6(10)9-12-8(5-13-9)4-11-7-2-3-7/h5-7,11H,2-4,10H2,1H3. The zero-order valence-corrected chi connectivity index (χ0v) is 8.60. The lowest BCUT2D eigenvalue weighted by Gasteiger charge is -1.99. The van der Waals surface area contributed by atoms with Crippen LogP contribution in [0, 0.1) is 0 Å². The van der Waals surface area contributed by atoms with Gasteiger partial charge >= 0.3 is 0 Å². The maximum absolute atomic E-state index is 5.72. The Labute approximate surface area is 82.4 Å². The van der Waals surface area contributed by atoms with Gasteiger partial charge in [-0.2, -0.15) is 0 Å². The fraction of sp³-hybridized carbons (Fsp3) is 0.667. The first kappa shape index (κ1) is 9.12. The highest BCUT2D eigenvalue weighted by atomic mass is 32.1. The molecule has 0 spiro atoms. The van der Waals surface area contributed by atoms with E-state index in [1.807, 2.05) is 6.92 Å². The number of rotatable bonds is 4. The molecule has 1 atom stereocenters. The molecule has 0 saturated heterocycles. The number of nitrogens with two attached hydrogens (primary N) is 1. The Balaban J connectivity index is 1.88. The summed E-state index contributed by atoms with van der Waals surface area (Å²) in [6.45, 7) is 2.87. The molecule has 3 N–H and O–H groups in total. The van der Waals surface area contributed by atoms with E-state index in [2.05, 4.69) is 15.7 Å². The monoisotopic (exact) mass is 197 g/mol. The Kier molecular flexibility index (Phi) is 2.62. The topological polar surface area (TPSA) is 50.9 Å². The van der Waals surface area contributed by atoms with Gasteiger partial charge < -0.3 is 11.1 Å². The summed E-state index contributed by atoms with van der Waals surface area (Å²) in [5.74, 6) is 0. The van der Waals surface area contributed by atoms with Crippen molar-refractivity contribution in [1.29, 1.82) is 0 Å². The fourth-order valence-corrected chi connectivity index (χ4v) is 1.93. The van der Waals surface area contributed by atoms with Crippen LogP contribution in [0.15, 0.2) is 5.38 Å². The minimum atomic E-state index is 0.0691. The lowest BCUT2D eigenvalue weighted by atomic mass is 10.4. The Morgan fingerprint density at radius 2 is 2.54 bits per heavy atom. The molecule has 0 radical (unpaired) electrons. The molecule has 1 unspecified atom stereocenters. The highest BCUT2D eigenvalue weighted by Crippen LogP contribution is 2.20. The van der Waals surface area contributed by atoms with Crippen LogP contribution in [0.3, 0.4) is 0 Å². The van der Waals surface area contributed by atoms with E-state index in [0.29, 0.717) is 0 Å². The average Bonchev–Trinajstić information content (AvgIpc) is 2.79. The quantitative estimate of drug-likeness (QED) is 0.767. The largest absolute Gasteiger partial charge is 0.322 e. The minimum absolute atomic E-state index is 0.0691. The Hall–Kier alpha value is -0.450. The zero-order chi connectivity index (χ0) is 9.26. The Bertz CT molecular complexity index is 278. The first-order valence-electron chi connectivity index (χ1n) is 4.69. The van der Waals surface area contributed by atoms with Crippen molar-refractivity contribution in [3.8, 4) is 0 Å². The van der Waals surface area contributed by atoms with Gasteiger partial charge in [-0.1, -0.05) is 0 Å². The van der Waals surface area contributed by atoms with Gasteiger partial charge in [0.2, 0.25) is 0 Å². The Morgan fingerprint density at radius 3 is 3.08 bits per heavy atom. The molecule has 3 nitrogen and oxygen atoms in total. The van der Waals surface area contributed by atoms with Gasteiger partial charge in [-0.25, -0.2) is 4.98 Å². The maximum Gasteiger partial charge on any atom is 0.109 e. The van der Waals surface area contributed by atoms with Crippen molar-refractivity contribution in [3.05, 3.63) is 16.1 Å². The van der Waals surface area contributed by atoms with Crippen LogP contribution < -0.4 is 11.1 Å². The normalized spacial score (nSPS) is 18.9. The van der Waals surface area contributed by atoms with Crippen molar-refractivity contribution in [1.82, 2.24) is 10.3 Å². The number of nitrogens with zero attached hydrogens (tertiary/aromatic N) is 1. The van der Waals surface area contributed by atoms with Gasteiger partial charge in [0, 0.05) is 18.0 Å². The first-order chi connectivity index (χ1) is 6.25. The van der Waals surface area contributed by atoms with Gasteiger partial charge in [-0.15, -0.1) is 11.3 Å². The van der Waals surface area contributed by atoms with Gasteiger partial charge in [-0.3, -0.25) is 0 Å². The van der Waals surface area contributed by atoms with E-state index < -0.39 is 0 Å². The molecule has 0 bridgehead atoms. The van der Waals surface area contributed by atoms with Crippen molar-refractivity contribution in [3.63, 3.8) is 0 Å². The minimum Gasteiger partial charge on any atom is -0.322 e. The van der Waals surface area contributed by atoms with E-state index in [-0.39, 0.29) is 6.04 Å². The number of aromatic nitrogens is 1. The molecular weight excluding hydrogens is 182 g/mol. The SMILES string of the molecule is CC(N)c1nc(CNC2CC2)cs1. The van der Waals surface area contributed by atoms with E-state index in [1.54, 1.807) is 11.3 Å². The smallest absolute Gasteiger partial charge is 0.109 e. The van der Waals surface area contributed by atoms with Crippen LogP contribution in [0.25, 0.3) is 0 Å². The van der Waals surface area contributed by atoms with Crippen molar-refractivity contribution >= 4 is 11.3 Å². The molecule has 1 aromatic rings. The third kappa shape index (κ3) is 2.49. The van der Waals surface area contributed by atoms with Crippen molar-refractivity contribution < 1.29 is 0 Å². The second-order valence-electron chi connectivity index (χ2n) is 3.62. The predicted molar refractivity (Wildman–Crippen MR) is 54.6 cm³/mol. The zero-order valence-electron chi connectivity index (χ0n) is 7.79. The van der Waals surface area contributed by atoms with Gasteiger partial charge in [0.25, 0.3) is 0 Å². The van der Waals surface area contributed by atoms with E-state index in [4.69, 9.17) is 5.73 Å². The molecule has 0 aromatic carbocycles. The predicted octanol–water partition coefficient (Wildman–Crippen LogP) is 1.41. The third-order valence-corrected chi connectivity index (χ3v) is 3.20. The van der Waals surface area contributed by atoms with Crippen LogP contribution in [0.1, 0.15) is 36.5 Å². The number of thiazole rings is 1. The molecule has 1 aliphatic carbocycles. The molecule has 2 rings (SSSR count). The molecule has 13 heavy (non-hydrogen) atoms. The van der Waals surface area contributed by atoms with E-state index in [1.165, 1.54) is 12.8 Å². The Morgan fingerprint density at radius 1 is 1.77 bits per heavy atom. The van der Waals surface area contributed by atoms with Gasteiger partial charge in [0.1, 0.15) is 5.01 Å². The summed E-state index contributed by atoms with van der Waals surface area (Å²) >= 11 is 1.65. The molecule has 0 aliphatic heterocycles. The van der Waals surface area contributed by atoms with Gasteiger partial charge in [-0.05, 0) is 19.8 Å². The maximum atomic E-state index is 5.72. The van der Waals surface area contributed by atoms with Crippen LogP contribution in [-0.4, -0.2) is 11.0 Å². The lowest BCUT2D eigenvalue weighted by molar-refractivity contribution is 0.672. The molecule has 1 fully saturated rings. The lowest BCUT2D eigenvalue weighted by Crippen LogP contribution is -2.15. The van der Waals surface area contributed by atoms with Crippen molar-refractivity contribution in [2.24, 2.45) is 5.73 Å². The summed E-state index contributed by atoms with van der Waals surface area (Å²) in [5, 5.41) is 6.55. The van der Waals surface area contributed by atoms with E-state index in [9.17, 15) is 0 Å². The number of hydrogen-bond donors (Lipinski definition) is 2.